The molecule has 6 nitrogen and oxygen atoms in total. The first kappa shape index (κ1) is 21.5. The molecule has 0 aliphatic carbocycles. The first-order valence-corrected chi connectivity index (χ1v) is 10.7. The Balaban J connectivity index is 1.48. The summed E-state index contributed by atoms with van der Waals surface area (Å²) in [7, 11) is 5.28. The highest BCUT2D eigenvalue weighted by molar-refractivity contribution is 7.09. The summed E-state index contributed by atoms with van der Waals surface area (Å²) in [6.45, 7) is 1.33. The highest BCUT2D eigenvalue weighted by Crippen LogP contribution is 2.21. The standard InChI is InChI=1S/C23H27N5OS/c1-24-23(25-13-12-17-8-7-11-19(14-17)22(29)28(2)3)26-15-21-27-20(16-30-21)18-9-5-4-6-10-18/h4-11,14,16H,12-13,15H2,1-3H3,(H2,24,25,26). The maximum Gasteiger partial charge on any atom is 0.253 e. The average molecular weight is 422 g/mol. The molecule has 156 valence electrons. The molecule has 0 bridgehead atoms. The van der Waals surface area contributed by atoms with E-state index in [4.69, 9.17) is 4.98 Å². The number of benzene rings is 2. The molecule has 1 heterocycles. The van der Waals surface area contributed by atoms with Crippen LogP contribution in [0.1, 0.15) is 20.9 Å². The number of aromatic nitrogens is 1. The minimum atomic E-state index is 0.0144. The van der Waals surface area contributed by atoms with Gasteiger partial charge in [0.15, 0.2) is 5.96 Å². The molecule has 0 saturated carbocycles. The number of rotatable bonds is 7. The van der Waals surface area contributed by atoms with Crippen molar-refractivity contribution in [2.75, 3.05) is 27.7 Å². The minimum absolute atomic E-state index is 0.0144. The maximum atomic E-state index is 12.1. The largest absolute Gasteiger partial charge is 0.356 e. The second kappa shape index (κ2) is 10.5. The van der Waals surface area contributed by atoms with Gasteiger partial charge in [0, 0.05) is 44.2 Å². The first-order chi connectivity index (χ1) is 14.6. The van der Waals surface area contributed by atoms with E-state index < -0.39 is 0 Å². The smallest absolute Gasteiger partial charge is 0.253 e. The van der Waals surface area contributed by atoms with Gasteiger partial charge in [0.25, 0.3) is 5.91 Å². The van der Waals surface area contributed by atoms with E-state index in [-0.39, 0.29) is 5.91 Å². The molecule has 30 heavy (non-hydrogen) atoms. The van der Waals surface area contributed by atoms with Crippen LogP contribution in [0, 0.1) is 0 Å². The Labute approximate surface area is 181 Å². The summed E-state index contributed by atoms with van der Waals surface area (Å²) >= 11 is 1.63. The molecule has 3 aromatic rings. The van der Waals surface area contributed by atoms with E-state index in [9.17, 15) is 4.79 Å². The fourth-order valence-electron chi connectivity index (χ4n) is 2.96. The van der Waals surface area contributed by atoms with E-state index in [1.807, 2.05) is 42.5 Å². The molecule has 2 N–H and O–H groups in total. The Hall–Kier alpha value is -3.19. The third-order valence-corrected chi connectivity index (χ3v) is 5.39. The van der Waals surface area contributed by atoms with Crippen LogP contribution in [0.25, 0.3) is 11.3 Å². The average Bonchev–Trinajstić information content (AvgIpc) is 3.25. The third kappa shape index (κ3) is 5.90. The Morgan fingerprint density at radius 3 is 2.63 bits per heavy atom. The number of nitrogens with zero attached hydrogens (tertiary/aromatic N) is 3. The lowest BCUT2D eigenvalue weighted by Crippen LogP contribution is -2.37. The van der Waals surface area contributed by atoms with Gasteiger partial charge in [-0.2, -0.15) is 0 Å². The van der Waals surface area contributed by atoms with Crippen LogP contribution in [-0.2, 0) is 13.0 Å². The second-order valence-corrected chi connectivity index (χ2v) is 7.94. The molecular weight excluding hydrogens is 394 g/mol. The van der Waals surface area contributed by atoms with Crippen LogP contribution in [-0.4, -0.2) is 49.4 Å². The van der Waals surface area contributed by atoms with Crippen molar-refractivity contribution in [2.24, 2.45) is 4.99 Å². The summed E-state index contributed by atoms with van der Waals surface area (Å²) < 4.78 is 0. The van der Waals surface area contributed by atoms with Crippen LogP contribution in [0.3, 0.4) is 0 Å². The molecular formula is C23H27N5OS. The van der Waals surface area contributed by atoms with Crippen LogP contribution in [0.5, 0.6) is 0 Å². The van der Waals surface area contributed by atoms with Crippen LogP contribution < -0.4 is 10.6 Å². The van der Waals surface area contributed by atoms with Crippen molar-refractivity contribution in [1.29, 1.82) is 0 Å². The Kier molecular flexibility index (Phi) is 7.57. The quantitative estimate of drug-likeness (QED) is 0.453. The van der Waals surface area contributed by atoms with Crippen molar-refractivity contribution < 1.29 is 4.79 Å². The highest BCUT2D eigenvalue weighted by atomic mass is 32.1. The molecule has 0 spiro atoms. The van der Waals surface area contributed by atoms with Gasteiger partial charge in [0.2, 0.25) is 0 Å². The second-order valence-electron chi connectivity index (χ2n) is 7.00. The molecule has 1 amide bonds. The van der Waals surface area contributed by atoms with Gasteiger partial charge >= 0.3 is 0 Å². The van der Waals surface area contributed by atoms with E-state index in [2.05, 4.69) is 33.1 Å². The fourth-order valence-corrected chi connectivity index (χ4v) is 3.70. The number of guanidine groups is 1. The van der Waals surface area contributed by atoms with Crippen LogP contribution >= 0.6 is 11.3 Å². The summed E-state index contributed by atoms with van der Waals surface area (Å²) in [5, 5.41) is 9.71. The summed E-state index contributed by atoms with van der Waals surface area (Å²) in [6.07, 6.45) is 0.796. The predicted octanol–water partition coefficient (Wildman–Crippen LogP) is 3.42. The molecule has 0 unspecified atom stereocenters. The summed E-state index contributed by atoms with van der Waals surface area (Å²) in [6, 6.07) is 17.9. The molecule has 0 aliphatic heterocycles. The van der Waals surface area contributed by atoms with E-state index in [1.165, 1.54) is 0 Å². The monoisotopic (exact) mass is 421 g/mol. The van der Waals surface area contributed by atoms with Crippen molar-refractivity contribution >= 4 is 23.2 Å². The van der Waals surface area contributed by atoms with Crippen LogP contribution in [0.2, 0.25) is 0 Å². The zero-order chi connectivity index (χ0) is 21.3. The van der Waals surface area contributed by atoms with Crippen LogP contribution in [0.15, 0.2) is 65.0 Å². The number of amides is 1. The van der Waals surface area contributed by atoms with Crippen LogP contribution in [0.4, 0.5) is 0 Å². The van der Waals surface area contributed by atoms with E-state index in [0.29, 0.717) is 18.7 Å². The molecule has 1 aromatic heterocycles. The number of aliphatic imine (C=N–C) groups is 1. The van der Waals surface area contributed by atoms with Crippen molar-refractivity contribution in [2.45, 2.75) is 13.0 Å². The minimum Gasteiger partial charge on any atom is -0.356 e. The van der Waals surface area contributed by atoms with E-state index >= 15 is 0 Å². The molecule has 3 rings (SSSR count). The molecule has 0 fully saturated rings. The molecule has 0 saturated heterocycles. The normalized spacial score (nSPS) is 11.2. The van der Waals surface area contributed by atoms with Crippen molar-refractivity contribution in [1.82, 2.24) is 20.5 Å². The van der Waals surface area contributed by atoms with Gasteiger partial charge in [0.1, 0.15) is 5.01 Å². The summed E-state index contributed by atoms with van der Waals surface area (Å²) in [4.78, 5) is 22.7. The van der Waals surface area contributed by atoms with Crippen molar-refractivity contribution in [3.8, 4) is 11.3 Å². The topological polar surface area (TPSA) is 69.6 Å². The van der Waals surface area contributed by atoms with Gasteiger partial charge in [-0.15, -0.1) is 11.3 Å². The van der Waals surface area contributed by atoms with E-state index in [1.54, 1.807) is 37.4 Å². The number of carbonyl (C=O) groups excluding carboxylic acids is 1. The highest BCUT2D eigenvalue weighted by Gasteiger charge is 2.08. The zero-order valence-corrected chi connectivity index (χ0v) is 18.4. The Morgan fingerprint density at radius 2 is 1.90 bits per heavy atom. The Bertz CT molecular complexity index is 998. The predicted molar refractivity (Wildman–Crippen MR) is 124 cm³/mol. The van der Waals surface area contributed by atoms with Crippen molar-refractivity contribution in [3.05, 3.63) is 76.1 Å². The number of hydrogen-bond donors (Lipinski definition) is 2. The van der Waals surface area contributed by atoms with Gasteiger partial charge in [-0.3, -0.25) is 9.79 Å². The lowest BCUT2D eigenvalue weighted by atomic mass is 10.1. The molecule has 0 atom stereocenters. The maximum absolute atomic E-state index is 12.1. The first-order valence-electron chi connectivity index (χ1n) is 9.81. The third-order valence-electron chi connectivity index (χ3n) is 4.54. The Morgan fingerprint density at radius 1 is 1.10 bits per heavy atom. The van der Waals surface area contributed by atoms with Gasteiger partial charge < -0.3 is 15.5 Å². The fraction of sp³-hybridized carbons (Fsp3) is 0.261. The number of thiazole rings is 1. The SMILES string of the molecule is CN=C(NCCc1cccc(C(=O)N(C)C)c1)NCc1nc(-c2ccccc2)cs1. The van der Waals surface area contributed by atoms with Gasteiger partial charge in [0.05, 0.1) is 12.2 Å². The summed E-state index contributed by atoms with van der Waals surface area (Å²) in [5.74, 6) is 0.743. The number of nitrogens with one attached hydrogen (secondary N) is 2. The summed E-state index contributed by atoms with van der Waals surface area (Å²) in [5.41, 5.74) is 3.93. The zero-order valence-electron chi connectivity index (χ0n) is 17.6. The molecule has 7 heteroatoms. The van der Waals surface area contributed by atoms with Gasteiger partial charge in [-0.05, 0) is 24.1 Å². The molecule has 2 aromatic carbocycles. The lowest BCUT2D eigenvalue weighted by Gasteiger charge is -2.13. The number of hydrogen-bond acceptors (Lipinski definition) is 4. The van der Waals surface area contributed by atoms with Crippen molar-refractivity contribution in [3.63, 3.8) is 0 Å². The van der Waals surface area contributed by atoms with Gasteiger partial charge in [-0.25, -0.2) is 4.98 Å². The lowest BCUT2D eigenvalue weighted by molar-refractivity contribution is 0.0827. The molecule has 0 radical (unpaired) electrons. The number of carbonyl (C=O) groups is 1. The van der Waals surface area contributed by atoms with E-state index in [0.717, 1.165) is 34.2 Å². The molecule has 0 aliphatic rings. The van der Waals surface area contributed by atoms with Gasteiger partial charge in [-0.1, -0.05) is 42.5 Å².